The second kappa shape index (κ2) is 4.61. The molecule has 1 N–H and O–H groups in total. The van der Waals surface area contributed by atoms with Gasteiger partial charge in [-0.25, -0.2) is 0 Å². The maximum absolute atomic E-state index is 9.35. The number of pyridine rings is 1. The number of morpholine rings is 1. The van der Waals surface area contributed by atoms with Crippen LogP contribution in [0, 0.1) is 0 Å². The first-order valence-electron chi connectivity index (χ1n) is 5.64. The average Bonchev–Trinajstić information content (AvgIpc) is 2.89. The topological polar surface area (TPSA) is 84.5 Å². The second-order valence-electron chi connectivity index (χ2n) is 3.93. The van der Waals surface area contributed by atoms with Crippen LogP contribution in [0.3, 0.4) is 0 Å². The third-order valence-corrected chi connectivity index (χ3v) is 2.68. The zero-order valence-electron chi connectivity index (χ0n) is 9.61. The van der Waals surface area contributed by atoms with Crippen molar-refractivity contribution in [1.29, 1.82) is 0 Å². The van der Waals surface area contributed by atoms with Crippen molar-refractivity contribution in [2.75, 3.05) is 31.2 Å². The molecular formula is C11H12N4O3. The summed E-state index contributed by atoms with van der Waals surface area (Å²) in [6, 6.07) is 1.53. The molecule has 0 aromatic carbocycles. The SMILES string of the molecule is Oc1cncc(-c2nc(N3CCOCC3)no2)c1. The Morgan fingerprint density at radius 2 is 2.06 bits per heavy atom. The van der Waals surface area contributed by atoms with Crippen LogP contribution in [-0.2, 0) is 4.74 Å². The zero-order valence-corrected chi connectivity index (χ0v) is 9.61. The van der Waals surface area contributed by atoms with E-state index in [1.807, 2.05) is 4.90 Å². The van der Waals surface area contributed by atoms with Crippen molar-refractivity contribution < 1.29 is 14.4 Å². The molecule has 0 aliphatic carbocycles. The lowest BCUT2D eigenvalue weighted by Gasteiger charge is -2.24. The molecule has 0 radical (unpaired) electrons. The lowest BCUT2D eigenvalue weighted by Crippen LogP contribution is -2.36. The van der Waals surface area contributed by atoms with Gasteiger partial charge in [0.15, 0.2) is 0 Å². The average molecular weight is 248 g/mol. The quantitative estimate of drug-likeness (QED) is 0.836. The minimum atomic E-state index is 0.0682. The molecule has 0 amide bonds. The van der Waals surface area contributed by atoms with Gasteiger partial charge in [-0.2, -0.15) is 4.98 Å². The molecule has 3 rings (SSSR count). The number of hydrogen-bond acceptors (Lipinski definition) is 7. The first-order valence-corrected chi connectivity index (χ1v) is 5.64. The number of rotatable bonds is 2. The maximum Gasteiger partial charge on any atom is 0.266 e. The minimum absolute atomic E-state index is 0.0682. The molecular weight excluding hydrogens is 236 g/mol. The molecule has 2 aromatic rings. The number of ether oxygens (including phenoxy) is 1. The van der Waals surface area contributed by atoms with Crippen molar-refractivity contribution in [3.63, 3.8) is 0 Å². The molecule has 0 bridgehead atoms. The summed E-state index contributed by atoms with van der Waals surface area (Å²) < 4.78 is 10.4. The molecule has 1 aliphatic rings. The summed E-state index contributed by atoms with van der Waals surface area (Å²) in [5.41, 5.74) is 0.599. The van der Waals surface area contributed by atoms with Gasteiger partial charge in [0.05, 0.1) is 25.0 Å². The Kier molecular flexibility index (Phi) is 2.81. The Bertz CT molecular complexity index is 537. The van der Waals surface area contributed by atoms with E-state index < -0.39 is 0 Å². The van der Waals surface area contributed by atoms with Gasteiger partial charge in [-0.1, -0.05) is 0 Å². The van der Waals surface area contributed by atoms with E-state index in [-0.39, 0.29) is 5.75 Å². The number of nitrogens with zero attached hydrogens (tertiary/aromatic N) is 4. The van der Waals surface area contributed by atoms with Gasteiger partial charge in [0.25, 0.3) is 11.8 Å². The van der Waals surface area contributed by atoms with Gasteiger partial charge in [0.2, 0.25) is 0 Å². The molecule has 1 aliphatic heterocycles. The van der Waals surface area contributed by atoms with Crippen LogP contribution < -0.4 is 4.90 Å². The van der Waals surface area contributed by atoms with E-state index in [0.717, 1.165) is 13.1 Å². The summed E-state index contributed by atoms with van der Waals surface area (Å²) in [5, 5.41) is 13.3. The first kappa shape index (κ1) is 11.0. The fourth-order valence-electron chi connectivity index (χ4n) is 1.77. The zero-order chi connectivity index (χ0) is 12.4. The number of hydrogen-bond donors (Lipinski definition) is 1. The molecule has 7 heteroatoms. The van der Waals surface area contributed by atoms with Crippen LogP contribution in [0.25, 0.3) is 11.5 Å². The lowest BCUT2D eigenvalue weighted by molar-refractivity contribution is 0.121. The summed E-state index contributed by atoms with van der Waals surface area (Å²) in [7, 11) is 0. The molecule has 94 valence electrons. The van der Waals surface area contributed by atoms with Gasteiger partial charge in [-0.3, -0.25) is 4.98 Å². The Labute approximate surface area is 103 Å². The van der Waals surface area contributed by atoms with Crippen molar-refractivity contribution in [2.24, 2.45) is 0 Å². The number of aromatic nitrogens is 3. The summed E-state index contributed by atoms with van der Waals surface area (Å²) in [6.45, 7) is 2.82. The van der Waals surface area contributed by atoms with Crippen LogP contribution in [0.4, 0.5) is 5.95 Å². The molecule has 1 fully saturated rings. The summed E-state index contributed by atoms with van der Waals surface area (Å²) in [6.07, 6.45) is 2.92. The largest absolute Gasteiger partial charge is 0.506 e. The van der Waals surface area contributed by atoms with E-state index in [2.05, 4.69) is 15.1 Å². The van der Waals surface area contributed by atoms with Crippen molar-refractivity contribution >= 4 is 5.95 Å². The smallest absolute Gasteiger partial charge is 0.266 e. The number of aromatic hydroxyl groups is 1. The van der Waals surface area contributed by atoms with Gasteiger partial charge in [-0.05, 0) is 11.2 Å². The van der Waals surface area contributed by atoms with E-state index in [1.165, 1.54) is 12.3 Å². The fourth-order valence-corrected chi connectivity index (χ4v) is 1.77. The van der Waals surface area contributed by atoms with Gasteiger partial charge < -0.3 is 19.3 Å². The van der Waals surface area contributed by atoms with E-state index in [1.54, 1.807) is 6.20 Å². The molecule has 2 aromatic heterocycles. The molecule has 7 nitrogen and oxygen atoms in total. The third kappa shape index (κ3) is 2.12. The van der Waals surface area contributed by atoms with Crippen molar-refractivity contribution in [2.45, 2.75) is 0 Å². The summed E-state index contributed by atoms with van der Waals surface area (Å²) in [5.74, 6) is 0.954. The number of anilines is 1. The summed E-state index contributed by atoms with van der Waals surface area (Å²) >= 11 is 0. The van der Waals surface area contributed by atoms with Gasteiger partial charge in [0.1, 0.15) is 5.75 Å². The summed E-state index contributed by atoms with van der Waals surface area (Å²) in [4.78, 5) is 10.2. The molecule has 0 atom stereocenters. The monoisotopic (exact) mass is 248 g/mol. The standard InChI is InChI=1S/C11H12N4O3/c16-9-5-8(6-12-7-9)10-13-11(14-18-10)15-1-3-17-4-2-15/h5-7,16H,1-4H2. The van der Waals surface area contributed by atoms with Crippen LogP contribution in [0.2, 0.25) is 0 Å². The molecule has 18 heavy (non-hydrogen) atoms. The van der Waals surface area contributed by atoms with E-state index in [4.69, 9.17) is 9.26 Å². The van der Waals surface area contributed by atoms with E-state index >= 15 is 0 Å². The highest BCUT2D eigenvalue weighted by Gasteiger charge is 2.18. The van der Waals surface area contributed by atoms with Crippen molar-refractivity contribution in [3.8, 4) is 17.2 Å². The Hall–Kier alpha value is -2.15. The first-order chi connectivity index (χ1) is 8.83. The Morgan fingerprint density at radius 1 is 1.22 bits per heavy atom. The predicted molar refractivity (Wildman–Crippen MR) is 62.2 cm³/mol. The maximum atomic E-state index is 9.35. The Balaban J connectivity index is 1.84. The highest BCUT2D eigenvalue weighted by Crippen LogP contribution is 2.22. The normalized spacial score (nSPS) is 15.9. The van der Waals surface area contributed by atoms with Crippen molar-refractivity contribution in [1.82, 2.24) is 15.1 Å². The highest BCUT2D eigenvalue weighted by molar-refractivity contribution is 5.55. The molecule has 1 saturated heterocycles. The highest BCUT2D eigenvalue weighted by atomic mass is 16.5. The van der Waals surface area contributed by atoms with Crippen LogP contribution >= 0.6 is 0 Å². The van der Waals surface area contributed by atoms with Gasteiger partial charge >= 0.3 is 0 Å². The van der Waals surface area contributed by atoms with Crippen LogP contribution in [-0.4, -0.2) is 46.5 Å². The lowest BCUT2D eigenvalue weighted by atomic mass is 10.3. The molecule has 0 saturated carbocycles. The minimum Gasteiger partial charge on any atom is -0.506 e. The molecule has 0 unspecified atom stereocenters. The Morgan fingerprint density at radius 3 is 2.83 bits per heavy atom. The van der Waals surface area contributed by atoms with E-state index in [9.17, 15) is 5.11 Å². The van der Waals surface area contributed by atoms with Crippen LogP contribution in [0.1, 0.15) is 0 Å². The second-order valence-corrected chi connectivity index (χ2v) is 3.93. The van der Waals surface area contributed by atoms with Crippen LogP contribution in [0.5, 0.6) is 5.75 Å². The van der Waals surface area contributed by atoms with Gasteiger partial charge in [0, 0.05) is 19.3 Å². The van der Waals surface area contributed by atoms with E-state index in [0.29, 0.717) is 30.6 Å². The van der Waals surface area contributed by atoms with Crippen LogP contribution in [0.15, 0.2) is 23.0 Å². The molecule has 3 heterocycles. The van der Waals surface area contributed by atoms with Crippen molar-refractivity contribution in [3.05, 3.63) is 18.5 Å². The van der Waals surface area contributed by atoms with Gasteiger partial charge in [-0.15, -0.1) is 0 Å². The predicted octanol–water partition coefficient (Wildman–Crippen LogP) is 0.674. The fraction of sp³-hybridized carbons (Fsp3) is 0.364. The third-order valence-electron chi connectivity index (χ3n) is 2.68. The molecule has 0 spiro atoms.